The molecule has 0 aromatic carbocycles. The molecule has 1 saturated carbocycles. The van der Waals surface area contributed by atoms with Crippen LogP contribution in [0.25, 0.3) is 0 Å². The molecule has 2 N–H and O–H groups in total. The number of nitrogens with one attached hydrogen (secondary N) is 2. The zero-order chi connectivity index (χ0) is 11.4. The Morgan fingerprint density at radius 3 is 2.81 bits per heavy atom. The van der Waals surface area contributed by atoms with E-state index in [1.54, 1.807) is 0 Å². The lowest BCUT2D eigenvalue weighted by Crippen LogP contribution is -2.27. The summed E-state index contributed by atoms with van der Waals surface area (Å²) in [7, 11) is 4.10. The van der Waals surface area contributed by atoms with Crippen LogP contribution in [0.15, 0.2) is 18.5 Å². The number of rotatable bonds is 6. The maximum atomic E-state index is 4.16. The Hall–Kier alpha value is -1.29. The lowest BCUT2D eigenvalue weighted by molar-refractivity contribution is 0.337. The van der Waals surface area contributed by atoms with E-state index in [1.165, 1.54) is 12.8 Å². The van der Waals surface area contributed by atoms with Crippen LogP contribution in [0.1, 0.15) is 12.8 Å². The van der Waals surface area contributed by atoms with Crippen molar-refractivity contribution in [3.63, 3.8) is 0 Å². The van der Waals surface area contributed by atoms with Gasteiger partial charge >= 0.3 is 0 Å². The van der Waals surface area contributed by atoms with Crippen molar-refractivity contribution in [3.8, 4) is 0 Å². The summed E-state index contributed by atoms with van der Waals surface area (Å²) in [6.45, 7) is 2.07. The van der Waals surface area contributed by atoms with Crippen molar-refractivity contribution in [1.29, 1.82) is 0 Å². The molecule has 1 fully saturated rings. The lowest BCUT2D eigenvalue weighted by Gasteiger charge is -2.16. The SMILES string of the molecule is CNc1cncc(NCCN(C)C2CC2)c1. The van der Waals surface area contributed by atoms with E-state index in [0.717, 1.165) is 30.5 Å². The number of likely N-dealkylation sites (N-methyl/N-ethyl adjacent to an activating group) is 1. The Labute approximate surface area is 97.1 Å². The third-order valence-electron chi connectivity index (χ3n) is 2.99. The highest BCUT2D eigenvalue weighted by atomic mass is 15.2. The van der Waals surface area contributed by atoms with Gasteiger partial charge in [0.15, 0.2) is 0 Å². The van der Waals surface area contributed by atoms with Crippen molar-refractivity contribution in [2.24, 2.45) is 0 Å². The first kappa shape index (κ1) is 11.2. The second kappa shape index (κ2) is 5.16. The smallest absolute Gasteiger partial charge is 0.0547 e. The predicted octanol–water partition coefficient (Wildman–Crippen LogP) is 1.63. The Bertz CT molecular complexity index is 336. The fourth-order valence-corrected chi connectivity index (χ4v) is 1.75. The van der Waals surface area contributed by atoms with Crippen molar-refractivity contribution < 1.29 is 0 Å². The van der Waals surface area contributed by atoms with Gasteiger partial charge in [-0.05, 0) is 26.0 Å². The zero-order valence-electron chi connectivity index (χ0n) is 10.0. The summed E-state index contributed by atoms with van der Waals surface area (Å²) < 4.78 is 0. The molecule has 0 bridgehead atoms. The number of anilines is 2. The van der Waals surface area contributed by atoms with E-state index in [-0.39, 0.29) is 0 Å². The molecule has 4 nitrogen and oxygen atoms in total. The molecule has 0 unspecified atom stereocenters. The van der Waals surface area contributed by atoms with E-state index in [0.29, 0.717) is 0 Å². The van der Waals surface area contributed by atoms with Gasteiger partial charge in [-0.2, -0.15) is 0 Å². The van der Waals surface area contributed by atoms with Gasteiger partial charge in [0, 0.05) is 26.2 Å². The van der Waals surface area contributed by atoms with Crippen LogP contribution in [0.2, 0.25) is 0 Å². The van der Waals surface area contributed by atoms with Crippen LogP contribution in [0, 0.1) is 0 Å². The van der Waals surface area contributed by atoms with Gasteiger partial charge in [-0.25, -0.2) is 0 Å². The minimum absolute atomic E-state index is 0.837. The summed E-state index contributed by atoms with van der Waals surface area (Å²) in [5, 5.41) is 6.47. The molecule has 1 aromatic rings. The third-order valence-corrected chi connectivity index (χ3v) is 2.99. The van der Waals surface area contributed by atoms with E-state index in [9.17, 15) is 0 Å². The molecule has 0 saturated heterocycles. The minimum Gasteiger partial charge on any atom is -0.387 e. The summed E-state index contributed by atoms with van der Waals surface area (Å²) in [6.07, 6.45) is 6.42. The Kier molecular flexibility index (Phi) is 3.62. The average Bonchev–Trinajstić information content (AvgIpc) is 3.13. The summed E-state index contributed by atoms with van der Waals surface area (Å²) >= 11 is 0. The fraction of sp³-hybridized carbons (Fsp3) is 0.583. The molecule has 2 rings (SSSR count). The van der Waals surface area contributed by atoms with Gasteiger partial charge < -0.3 is 15.5 Å². The topological polar surface area (TPSA) is 40.2 Å². The molecule has 0 atom stereocenters. The molecular formula is C12H20N4. The van der Waals surface area contributed by atoms with Crippen LogP contribution in [0.3, 0.4) is 0 Å². The molecule has 0 spiro atoms. The molecule has 1 aliphatic rings. The highest BCUT2D eigenvalue weighted by Crippen LogP contribution is 2.24. The third kappa shape index (κ3) is 3.10. The maximum absolute atomic E-state index is 4.16. The summed E-state index contributed by atoms with van der Waals surface area (Å²) in [5.74, 6) is 0. The average molecular weight is 220 g/mol. The number of nitrogens with zero attached hydrogens (tertiary/aromatic N) is 2. The number of hydrogen-bond donors (Lipinski definition) is 2. The quantitative estimate of drug-likeness (QED) is 0.764. The summed E-state index contributed by atoms with van der Waals surface area (Å²) in [4.78, 5) is 6.58. The van der Waals surface area contributed by atoms with E-state index in [2.05, 4.69) is 33.6 Å². The van der Waals surface area contributed by atoms with E-state index in [1.807, 2.05) is 19.4 Å². The number of aromatic nitrogens is 1. The summed E-state index contributed by atoms with van der Waals surface area (Å²) in [5.41, 5.74) is 2.12. The molecule has 88 valence electrons. The highest BCUT2D eigenvalue weighted by Gasteiger charge is 2.25. The minimum atomic E-state index is 0.837. The first-order valence-electron chi connectivity index (χ1n) is 5.86. The van der Waals surface area contributed by atoms with Gasteiger partial charge in [-0.3, -0.25) is 4.98 Å². The van der Waals surface area contributed by atoms with Crippen molar-refractivity contribution in [2.75, 3.05) is 37.8 Å². The molecule has 0 radical (unpaired) electrons. The van der Waals surface area contributed by atoms with Gasteiger partial charge in [0.1, 0.15) is 0 Å². The van der Waals surface area contributed by atoms with E-state index >= 15 is 0 Å². The zero-order valence-corrected chi connectivity index (χ0v) is 10.0. The number of hydrogen-bond acceptors (Lipinski definition) is 4. The van der Waals surface area contributed by atoms with E-state index < -0.39 is 0 Å². The number of pyridine rings is 1. The molecule has 1 heterocycles. The second-order valence-electron chi connectivity index (χ2n) is 4.35. The van der Waals surface area contributed by atoms with Crippen LogP contribution < -0.4 is 10.6 Å². The van der Waals surface area contributed by atoms with Crippen LogP contribution in [-0.2, 0) is 0 Å². The van der Waals surface area contributed by atoms with Crippen molar-refractivity contribution in [2.45, 2.75) is 18.9 Å². The van der Waals surface area contributed by atoms with Crippen molar-refractivity contribution >= 4 is 11.4 Å². The van der Waals surface area contributed by atoms with Crippen LogP contribution in [0.4, 0.5) is 11.4 Å². The van der Waals surface area contributed by atoms with Gasteiger partial charge in [-0.1, -0.05) is 0 Å². The molecule has 0 amide bonds. The van der Waals surface area contributed by atoms with Crippen LogP contribution in [0.5, 0.6) is 0 Å². The second-order valence-corrected chi connectivity index (χ2v) is 4.35. The van der Waals surface area contributed by atoms with Crippen LogP contribution >= 0.6 is 0 Å². The van der Waals surface area contributed by atoms with Crippen molar-refractivity contribution in [3.05, 3.63) is 18.5 Å². The van der Waals surface area contributed by atoms with Crippen molar-refractivity contribution in [1.82, 2.24) is 9.88 Å². The van der Waals surface area contributed by atoms with Gasteiger partial charge in [-0.15, -0.1) is 0 Å². The Morgan fingerprint density at radius 2 is 2.12 bits per heavy atom. The Morgan fingerprint density at radius 1 is 1.38 bits per heavy atom. The van der Waals surface area contributed by atoms with Gasteiger partial charge in [0.2, 0.25) is 0 Å². The standard InChI is InChI=1S/C12H20N4/c1-13-10-7-11(9-14-8-10)15-5-6-16(2)12-3-4-12/h7-9,12-13,15H,3-6H2,1-2H3. The molecule has 4 heteroatoms. The van der Waals surface area contributed by atoms with Crippen LogP contribution in [-0.4, -0.2) is 43.1 Å². The summed E-state index contributed by atoms with van der Waals surface area (Å²) in [6, 6.07) is 2.91. The van der Waals surface area contributed by atoms with Gasteiger partial charge in [0.05, 0.1) is 23.8 Å². The first-order chi connectivity index (χ1) is 7.79. The monoisotopic (exact) mass is 220 g/mol. The molecule has 16 heavy (non-hydrogen) atoms. The fourth-order valence-electron chi connectivity index (χ4n) is 1.75. The largest absolute Gasteiger partial charge is 0.387 e. The molecule has 1 aromatic heterocycles. The molecule has 1 aliphatic carbocycles. The molecular weight excluding hydrogens is 200 g/mol. The van der Waals surface area contributed by atoms with E-state index in [4.69, 9.17) is 0 Å². The highest BCUT2D eigenvalue weighted by molar-refractivity contribution is 5.53. The molecule has 0 aliphatic heterocycles. The normalized spacial score (nSPS) is 15.2. The lowest BCUT2D eigenvalue weighted by atomic mass is 10.3. The maximum Gasteiger partial charge on any atom is 0.0547 e. The first-order valence-corrected chi connectivity index (χ1v) is 5.86. The van der Waals surface area contributed by atoms with Gasteiger partial charge in [0.25, 0.3) is 0 Å². The Balaban J connectivity index is 1.75. The predicted molar refractivity (Wildman–Crippen MR) is 67.9 cm³/mol.